The summed E-state index contributed by atoms with van der Waals surface area (Å²) in [4.78, 5) is 4.36. The Balaban J connectivity index is 2.36. The average molecular weight is 231 g/mol. The summed E-state index contributed by atoms with van der Waals surface area (Å²) in [6.07, 6.45) is 1.58. The van der Waals surface area contributed by atoms with Gasteiger partial charge in [0.15, 0.2) is 0 Å². The zero-order valence-corrected chi connectivity index (χ0v) is 9.11. The molecule has 0 spiro atoms. The number of anilines is 1. The highest BCUT2D eigenvalue weighted by Crippen LogP contribution is 2.27. The summed E-state index contributed by atoms with van der Waals surface area (Å²) in [6, 6.07) is 4.80. The van der Waals surface area contributed by atoms with Crippen molar-refractivity contribution in [3.05, 3.63) is 30.2 Å². The molecule has 3 aromatic rings. The predicted molar refractivity (Wildman–Crippen MR) is 62.7 cm³/mol. The van der Waals surface area contributed by atoms with Crippen molar-refractivity contribution in [1.29, 1.82) is 0 Å². The molecule has 3 rings (SSSR count). The van der Waals surface area contributed by atoms with Crippen molar-refractivity contribution in [1.82, 2.24) is 19.7 Å². The van der Waals surface area contributed by atoms with Crippen molar-refractivity contribution >= 4 is 16.9 Å². The second-order valence-corrected chi connectivity index (χ2v) is 3.80. The van der Waals surface area contributed by atoms with Crippen molar-refractivity contribution < 1.29 is 4.39 Å². The van der Waals surface area contributed by atoms with E-state index in [0.717, 1.165) is 0 Å². The van der Waals surface area contributed by atoms with E-state index in [0.29, 0.717) is 28.2 Å². The second-order valence-electron chi connectivity index (χ2n) is 3.80. The van der Waals surface area contributed by atoms with Crippen molar-refractivity contribution in [3.63, 3.8) is 0 Å². The third-order valence-corrected chi connectivity index (χ3v) is 2.75. The van der Waals surface area contributed by atoms with E-state index in [4.69, 9.17) is 5.73 Å². The van der Waals surface area contributed by atoms with E-state index in [2.05, 4.69) is 15.2 Å². The Morgan fingerprint density at radius 3 is 2.88 bits per heavy atom. The Bertz CT molecular complexity index is 697. The van der Waals surface area contributed by atoms with Gasteiger partial charge in [0.2, 0.25) is 0 Å². The number of para-hydroxylation sites is 1. The SMILES string of the molecule is Cn1c(-c2cn[nH]c2N)nc2cccc(F)c21. The molecule has 17 heavy (non-hydrogen) atoms. The monoisotopic (exact) mass is 231 g/mol. The summed E-state index contributed by atoms with van der Waals surface area (Å²) in [6.45, 7) is 0. The van der Waals surface area contributed by atoms with E-state index in [-0.39, 0.29) is 5.82 Å². The molecular formula is C11H10FN5. The summed E-state index contributed by atoms with van der Waals surface area (Å²) in [5.74, 6) is 0.714. The summed E-state index contributed by atoms with van der Waals surface area (Å²) in [5.41, 5.74) is 7.47. The minimum absolute atomic E-state index is 0.300. The van der Waals surface area contributed by atoms with Gasteiger partial charge in [0, 0.05) is 7.05 Å². The first-order chi connectivity index (χ1) is 8.18. The van der Waals surface area contributed by atoms with Crippen LogP contribution in [-0.2, 0) is 7.05 Å². The highest BCUT2D eigenvalue weighted by molar-refractivity contribution is 5.82. The maximum absolute atomic E-state index is 13.7. The number of aromatic amines is 1. The lowest BCUT2D eigenvalue weighted by atomic mass is 10.3. The van der Waals surface area contributed by atoms with Crippen LogP contribution in [0, 0.1) is 5.82 Å². The number of nitrogens with zero attached hydrogens (tertiary/aromatic N) is 3. The lowest BCUT2D eigenvalue weighted by Crippen LogP contribution is -1.96. The summed E-state index contributed by atoms with van der Waals surface area (Å²) < 4.78 is 15.4. The standard InChI is InChI=1S/C11H10FN5/c1-17-9-7(12)3-2-4-8(9)15-11(17)6-5-14-16-10(6)13/h2-5H,1H3,(H3,13,14,16). The lowest BCUT2D eigenvalue weighted by molar-refractivity contribution is 0.632. The molecule has 0 saturated carbocycles. The number of rotatable bonds is 1. The Labute approximate surface area is 96.1 Å². The highest BCUT2D eigenvalue weighted by atomic mass is 19.1. The minimum atomic E-state index is -0.300. The van der Waals surface area contributed by atoms with Gasteiger partial charge in [0.05, 0.1) is 17.3 Å². The Hall–Kier alpha value is -2.37. The molecule has 0 bridgehead atoms. The van der Waals surface area contributed by atoms with Crippen molar-refractivity contribution in [3.8, 4) is 11.4 Å². The molecule has 1 aromatic carbocycles. The maximum atomic E-state index is 13.7. The van der Waals surface area contributed by atoms with E-state index in [1.54, 1.807) is 29.9 Å². The molecular weight excluding hydrogens is 221 g/mol. The van der Waals surface area contributed by atoms with Crippen LogP contribution in [0.4, 0.5) is 10.2 Å². The van der Waals surface area contributed by atoms with Crippen LogP contribution >= 0.6 is 0 Å². The zero-order valence-electron chi connectivity index (χ0n) is 9.11. The van der Waals surface area contributed by atoms with Gasteiger partial charge in [0.1, 0.15) is 23.0 Å². The number of hydrogen-bond donors (Lipinski definition) is 2. The molecule has 0 amide bonds. The Morgan fingerprint density at radius 1 is 1.41 bits per heavy atom. The third kappa shape index (κ3) is 1.30. The number of aromatic nitrogens is 4. The van der Waals surface area contributed by atoms with Gasteiger partial charge in [-0.2, -0.15) is 5.10 Å². The normalized spacial score (nSPS) is 11.2. The number of hydrogen-bond acceptors (Lipinski definition) is 3. The number of nitrogens with two attached hydrogens (primary N) is 1. The van der Waals surface area contributed by atoms with E-state index >= 15 is 0 Å². The molecule has 3 N–H and O–H groups in total. The fourth-order valence-electron chi connectivity index (χ4n) is 1.94. The smallest absolute Gasteiger partial charge is 0.149 e. The minimum Gasteiger partial charge on any atom is -0.383 e. The van der Waals surface area contributed by atoms with Gasteiger partial charge in [-0.15, -0.1) is 0 Å². The van der Waals surface area contributed by atoms with Gasteiger partial charge in [-0.05, 0) is 12.1 Å². The van der Waals surface area contributed by atoms with Gasteiger partial charge in [-0.25, -0.2) is 9.37 Å². The number of halogens is 1. The number of aryl methyl sites for hydroxylation is 1. The first kappa shape index (κ1) is 9.83. The van der Waals surface area contributed by atoms with Gasteiger partial charge in [-0.1, -0.05) is 6.07 Å². The second kappa shape index (κ2) is 3.31. The zero-order chi connectivity index (χ0) is 12.0. The molecule has 0 saturated heterocycles. The topological polar surface area (TPSA) is 72.5 Å². The van der Waals surface area contributed by atoms with Crippen molar-refractivity contribution in [2.24, 2.45) is 7.05 Å². The van der Waals surface area contributed by atoms with Gasteiger partial charge in [0.25, 0.3) is 0 Å². The first-order valence-corrected chi connectivity index (χ1v) is 5.08. The van der Waals surface area contributed by atoms with Gasteiger partial charge >= 0.3 is 0 Å². The Kier molecular flexibility index (Phi) is 1.91. The van der Waals surface area contributed by atoms with Crippen LogP contribution in [0.5, 0.6) is 0 Å². The third-order valence-electron chi connectivity index (χ3n) is 2.75. The summed E-state index contributed by atoms with van der Waals surface area (Å²) in [7, 11) is 1.75. The van der Waals surface area contributed by atoms with E-state index in [1.165, 1.54) is 6.07 Å². The summed E-state index contributed by atoms with van der Waals surface area (Å²) >= 11 is 0. The highest BCUT2D eigenvalue weighted by Gasteiger charge is 2.15. The number of H-pyrrole nitrogens is 1. The maximum Gasteiger partial charge on any atom is 0.149 e. The molecule has 0 aliphatic rings. The molecule has 2 heterocycles. The van der Waals surface area contributed by atoms with Crippen LogP contribution in [0.25, 0.3) is 22.4 Å². The fourth-order valence-corrected chi connectivity index (χ4v) is 1.94. The molecule has 0 atom stereocenters. The number of nitrogens with one attached hydrogen (secondary N) is 1. The average Bonchev–Trinajstić information content (AvgIpc) is 2.84. The quantitative estimate of drug-likeness (QED) is 0.669. The number of imidazole rings is 1. The van der Waals surface area contributed by atoms with Crippen LogP contribution in [0.3, 0.4) is 0 Å². The van der Waals surface area contributed by atoms with Crippen LogP contribution < -0.4 is 5.73 Å². The van der Waals surface area contributed by atoms with Crippen LogP contribution in [0.1, 0.15) is 0 Å². The van der Waals surface area contributed by atoms with E-state index in [1.807, 2.05) is 0 Å². The van der Waals surface area contributed by atoms with E-state index in [9.17, 15) is 4.39 Å². The summed E-state index contributed by atoms with van der Waals surface area (Å²) in [5, 5.41) is 6.47. The predicted octanol–water partition coefficient (Wildman–Crippen LogP) is 1.68. The molecule has 86 valence electrons. The number of nitrogen functional groups attached to an aromatic ring is 1. The number of fused-ring (bicyclic) bond motifs is 1. The van der Waals surface area contributed by atoms with Crippen LogP contribution in [0.15, 0.2) is 24.4 Å². The molecule has 0 radical (unpaired) electrons. The molecule has 0 aliphatic heterocycles. The fraction of sp³-hybridized carbons (Fsp3) is 0.0909. The van der Waals surface area contributed by atoms with Crippen molar-refractivity contribution in [2.75, 3.05) is 5.73 Å². The first-order valence-electron chi connectivity index (χ1n) is 5.08. The molecule has 0 aliphatic carbocycles. The lowest BCUT2D eigenvalue weighted by Gasteiger charge is -2.00. The molecule has 6 heteroatoms. The van der Waals surface area contributed by atoms with Gasteiger partial charge in [-0.3, -0.25) is 5.10 Å². The number of benzene rings is 1. The molecule has 2 aromatic heterocycles. The molecule has 5 nitrogen and oxygen atoms in total. The van der Waals surface area contributed by atoms with Crippen LogP contribution in [-0.4, -0.2) is 19.7 Å². The molecule has 0 fully saturated rings. The van der Waals surface area contributed by atoms with Crippen molar-refractivity contribution in [2.45, 2.75) is 0 Å². The van der Waals surface area contributed by atoms with Gasteiger partial charge < -0.3 is 10.3 Å². The van der Waals surface area contributed by atoms with Crippen LogP contribution in [0.2, 0.25) is 0 Å². The Morgan fingerprint density at radius 2 is 2.24 bits per heavy atom. The molecule has 0 unspecified atom stereocenters. The van der Waals surface area contributed by atoms with E-state index < -0.39 is 0 Å². The largest absolute Gasteiger partial charge is 0.383 e.